The molecule has 2 amide bonds. The lowest BCUT2D eigenvalue weighted by atomic mass is 9.98. The number of amides is 2. The van der Waals surface area contributed by atoms with Crippen molar-refractivity contribution in [2.75, 3.05) is 12.3 Å². The molecule has 1 unspecified atom stereocenters. The van der Waals surface area contributed by atoms with Crippen molar-refractivity contribution >= 4 is 24.4 Å². The summed E-state index contributed by atoms with van der Waals surface area (Å²) in [5.41, 5.74) is 1.18. The van der Waals surface area contributed by atoms with Crippen molar-refractivity contribution in [2.45, 2.75) is 39.2 Å². The van der Waals surface area contributed by atoms with Crippen LogP contribution in [0.1, 0.15) is 32.3 Å². The zero-order chi connectivity index (χ0) is 16.4. The second kappa shape index (κ2) is 10.3. The fourth-order valence-electron chi connectivity index (χ4n) is 2.13. The summed E-state index contributed by atoms with van der Waals surface area (Å²) in [5.74, 6) is 0.339. The smallest absolute Gasteiger partial charge is 0.242 e. The molecular formula is C17H26N2O2S. The highest BCUT2D eigenvalue weighted by atomic mass is 32.1. The molecule has 4 nitrogen and oxygen atoms in total. The van der Waals surface area contributed by atoms with Crippen molar-refractivity contribution in [1.29, 1.82) is 0 Å². The lowest BCUT2D eigenvalue weighted by molar-refractivity contribution is -0.130. The second-order valence-electron chi connectivity index (χ2n) is 5.43. The summed E-state index contributed by atoms with van der Waals surface area (Å²) in [7, 11) is 0. The molecule has 0 fully saturated rings. The number of nitrogens with one attached hydrogen (secondary N) is 2. The molecule has 0 aliphatic carbocycles. The van der Waals surface area contributed by atoms with Gasteiger partial charge in [0.1, 0.15) is 6.04 Å². The first-order chi connectivity index (χ1) is 10.6. The molecule has 0 saturated heterocycles. The van der Waals surface area contributed by atoms with Crippen molar-refractivity contribution in [3.8, 4) is 0 Å². The number of rotatable bonds is 9. The first-order valence-electron chi connectivity index (χ1n) is 7.80. The summed E-state index contributed by atoms with van der Waals surface area (Å²) in [4.78, 5) is 24.1. The fraction of sp³-hybridized carbons (Fsp3) is 0.529. The van der Waals surface area contributed by atoms with Gasteiger partial charge in [0.2, 0.25) is 11.8 Å². The van der Waals surface area contributed by atoms with E-state index >= 15 is 0 Å². The van der Waals surface area contributed by atoms with Gasteiger partial charge in [-0.25, -0.2) is 0 Å². The number of carbonyl (C=O) groups is 2. The Morgan fingerprint density at radius 2 is 1.91 bits per heavy atom. The van der Waals surface area contributed by atoms with Crippen LogP contribution in [0, 0.1) is 5.92 Å². The van der Waals surface area contributed by atoms with Gasteiger partial charge >= 0.3 is 0 Å². The van der Waals surface area contributed by atoms with Crippen molar-refractivity contribution in [1.82, 2.24) is 10.6 Å². The summed E-state index contributed by atoms with van der Waals surface area (Å²) in [6.45, 7) is 4.56. The maximum atomic E-state index is 12.3. The van der Waals surface area contributed by atoms with E-state index in [0.29, 0.717) is 18.7 Å². The van der Waals surface area contributed by atoms with Gasteiger partial charge in [-0.1, -0.05) is 50.6 Å². The Morgan fingerprint density at radius 3 is 2.50 bits per heavy atom. The Bertz CT molecular complexity index is 465. The van der Waals surface area contributed by atoms with E-state index < -0.39 is 6.04 Å². The third kappa shape index (κ3) is 6.52. The van der Waals surface area contributed by atoms with Crippen LogP contribution in [0.5, 0.6) is 0 Å². The van der Waals surface area contributed by atoms with Crippen LogP contribution in [-0.2, 0) is 16.0 Å². The number of hydrogen-bond donors (Lipinski definition) is 3. The van der Waals surface area contributed by atoms with Crippen LogP contribution in [0.2, 0.25) is 0 Å². The van der Waals surface area contributed by atoms with Gasteiger partial charge in [-0.15, -0.1) is 0 Å². The normalized spacial score (nSPS) is 13.2. The lowest BCUT2D eigenvalue weighted by Crippen LogP contribution is -2.50. The van der Waals surface area contributed by atoms with Crippen LogP contribution >= 0.6 is 12.6 Å². The zero-order valence-corrected chi connectivity index (χ0v) is 14.2. The number of hydrogen-bond acceptors (Lipinski definition) is 3. The van der Waals surface area contributed by atoms with Gasteiger partial charge in [-0.3, -0.25) is 9.59 Å². The third-order valence-electron chi connectivity index (χ3n) is 3.71. The molecule has 0 heterocycles. The summed E-state index contributed by atoms with van der Waals surface area (Å²) in [6.07, 6.45) is 1.94. The molecule has 122 valence electrons. The molecule has 0 aliphatic rings. The van der Waals surface area contributed by atoms with Crippen molar-refractivity contribution in [2.24, 2.45) is 5.92 Å². The van der Waals surface area contributed by atoms with Gasteiger partial charge in [0.05, 0.1) is 0 Å². The highest BCUT2D eigenvalue weighted by molar-refractivity contribution is 7.80. The van der Waals surface area contributed by atoms with Crippen LogP contribution in [-0.4, -0.2) is 30.2 Å². The minimum absolute atomic E-state index is 0.0978. The molecule has 0 radical (unpaired) electrons. The fourth-order valence-corrected chi connectivity index (χ4v) is 2.34. The van der Waals surface area contributed by atoms with Crippen LogP contribution in [0.25, 0.3) is 0 Å². The van der Waals surface area contributed by atoms with E-state index in [1.807, 2.05) is 44.2 Å². The first kappa shape index (κ1) is 18.6. The monoisotopic (exact) mass is 322 g/mol. The molecule has 2 N–H and O–H groups in total. The molecule has 22 heavy (non-hydrogen) atoms. The van der Waals surface area contributed by atoms with Gasteiger partial charge in [0, 0.05) is 13.0 Å². The Balaban J connectivity index is 2.50. The molecule has 2 atom stereocenters. The maximum absolute atomic E-state index is 12.3. The Labute approximate surface area is 138 Å². The molecule has 1 aromatic rings. The van der Waals surface area contributed by atoms with Crippen LogP contribution in [0.4, 0.5) is 0 Å². The number of benzene rings is 1. The Hall–Kier alpha value is -1.49. The molecule has 5 heteroatoms. The van der Waals surface area contributed by atoms with Gasteiger partial charge < -0.3 is 10.6 Å². The Morgan fingerprint density at radius 1 is 1.23 bits per heavy atom. The van der Waals surface area contributed by atoms with Gasteiger partial charge in [0.15, 0.2) is 0 Å². The average Bonchev–Trinajstić information content (AvgIpc) is 2.53. The van der Waals surface area contributed by atoms with Crippen molar-refractivity contribution in [3.05, 3.63) is 35.9 Å². The molecule has 0 bridgehead atoms. The van der Waals surface area contributed by atoms with E-state index in [-0.39, 0.29) is 17.7 Å². The number of carbonyl (C=O) groups excluding carboxylic acids is 2. The van der Waals surface area contributed by atoms with E-state index in [2.05, 4.69) is 23.3 Å². The minimum Gasteiger partial charge on any atom is -0.354 e. The molecule has 1 rings (SSSR count). The van der Waals surface area contributed by atoms with Gasteiger partial charge in [0.25, 0.3) is 0 Å². The summed E-state index contributed by atoms with van der Waals surface area (Å²) in [5, 5.41) is 5.74. The molecule has 1 aromatic carbocycles. The quantitative estimate of drug-likeness (QED) is 0.611. The highest BCUT2D eigenvalue weighted by Gasteiger charge is 2.25. The van der Waals surface area contributed by atoms with Crippen LogP contribution < -0.4 is 10.6 Å². The maximum Gasteiger partial charge on any atom is 0.242 e. The van der Waals surface area contributed by atoms with Gasteiger partial charge in [-0.2, -0.15) is 12.6 Å². The summed E-state index contributed by atoms with van der Waals surface area (Å²) >= 11 is 4.04. The summed E-state index contributed by atoms with van der Waals surface area (Å²) < 4.78 is 0. The van der Waals surface area contributed by atoms with E-state index in [1.165, 1.54) is 5.56 Å². The molecule has 0 aliphatic heterocycles. The van der Waals surface area contributed by atoms with E-state index in [9.17, 15) is 9.59 Å². The molecule has 0 saturated carbocycles. The molecule has 0 aromatic heterocycles. The number of thiol groups is 1. The van der Waals surface area contributed by atoms with Crippen LogP contribution in [0.15, 0.2) is 30.3 Å². The van der Waals surface area contributed by atoms with Crippen molar-refractivity contribution in [3.63, 3.8) is 0 Å². The van der Waals surface area contributed by atoms with E-state index in [4.69, 9.17) is 0 Å². The standard InChI is InChI=1S/C17H26N2O2S/c1-3-13(2)16(19-15(20)10-12-22)17(21)18-11-9-14-7-5-4-6-8-14/h4-8,13,16,22H,3,9-12H2,1-2H3,(H,18,21)(H,19,20)/t13?,16-/m0/s1. The molecule has 0 spiro atoms. The first-order valence-corrected chi connectivity index (χ1v) is 8.43. The Kier molecular flexibility index (Phi) is 8.67. The van der Waals surface area contributed by atoms with E-state index in [1.54, 1.807) is 0 Å². The van der Waals surface area contributed by atoms with E-state index in [0.717, 1.165) is 12.8 Å². The predicted octanol–water partition coefficient (Wildman–Crippen LogP) is 2.20. The topological polar surface area (TPSA) is 58.2 Å². The lowest BCUT2D eigenvalue weighted by Gasteiger charge is -2.23. The average molecular weight is 322 g/mol. The molecular weight excluding hydrogens is 296 g/mol. The largest absolute Gasteiger partial charge is 0.354 e. The third-order valence-corrected chi connectivity index (χ3v) is 3.93. The second-order valence-corrected chi connectivity index (χ2v) is 5.88. The van der Waals surface area contributed by atoms with Crippen molar-refractivity contribution < 1.29 is 9.59 Å². The van der Waals surface area contributed by atoms with Crippen LogP contribution in [0.3, 0.4) is 0 Å². The zero-order valence-electron chi connectivity index (χ0n) is 13.3. The highest BCUT2D eigenvalue weighted by Crippen LogP contribution is 2.08. The predicted molar refractivity (Wildman–Crippen MR) is 93.0 cm³/mol. The van der Waals surface area contributed by atoms with Gasteiger partial charge in [-0.05, 0) is 23.7 Å². The SMILES string of the molecule is CCC(C)[C@H](NC(=O)CCS)C(=O)NCCc1ccccc1. The minimum atomic E-state index is -0.479. The summed E-state index contributed by atoms with van der Waals surface area (Å²) in [6, 6.07) is 9.53.